The summed E-state index contributed by atoms with van der Waals surface area (Å²) in [7, 11) is 0. The molecule has 16 heavy (non-hydrogen) atoms. The van der Waals surface area contributed by atoms with Gasteiger partial charge in [-0.3, -0.25) is 4.79 Å². The number of benzene rings is 1. The number of nitrogens with two attached hydrogens (primary N) is 1. The average Bonchev–Trinajstić information content (AvgIpc) is 2.30. The molecular weight excluding hydrogens is 224 g/mol. The standard InChI is InChI=1S/C12H9ClN2O/c13-11(9-4-2-1-3-5-9)7-6-10(8-14)12(15)16/h1-7H,(H2,15,16). The van der Waals surface area contributed by atoms with Gasteiger partial charge in [-0.25, -0.2) is 0 Å². The van der Waals surface area contributed by atoms with Crippen LogP contribution in [-0.2, 0) is 4.79 Å². The third kappa shape index (κ3) is 3.26. The summed E-state index contributed by atoms with van der Waals surface area (Å²) < 4.78 is 0. The second-order valence-electron chi connectivity index (χ2n) is 2.94. The lowest BCUT2D eigenvalue weighted by Crippen LogP contribution is -2.12. The highest BCUT2D eigenvalue weighted by atomic mass is 35.5. The molecule has 3 nitrogen and oxygen atoms in total. The monoisotopic (exact) mass is 232 g/mol. The van der Waals surface area contributed by atoms with E-state index in [0.717, 1.165) is 5.56 Å². The van der Waals surface area contributed by atoms with Gasteiger partial charge in [0, 0.05) is 5.03 Å². The normalized spacial score (nSPS) is 12.0. The van der Waals surface area contributed by atoms with Gasteiger partial charge in [0.2, 0.25) is 0 Å². The lowest BCUT2D eigenvalue weighted by atomic mass is 10.2. The van der Waals surface area contributed by atoms with Crippen LogP contribution in [0.5, 0.6) is 0 Å². The highest BCUT2D eigenvalue weighted by Crippen LogP contribution is 2.18. The quantitative estimate of drug-likeness (QED) is 0.493. The molecular formula is C12H9ClN2O. The summed E-state index contributed by atoms with van der Waals surface area (Å²) in [5.74, 6) is -0.767. The predicted octanol–water partition coefficient (Wildman–Crippen LogP) is 2.20. The molecule has 0 saturated heterocycles. The Balaban J connectivity index is 2.95. The smallest absolute Gasteiger partial charge is 0.259 e. The topological polar surface area (TPSA) is 66.9 Å². The van der Waals surface area contributed by atoms with Crippen molar-refractivity contribution in [2.75, 3.05) is 0 Å². The number of hydrogen-bond donors (Lipinski definition) is 1. The Hall–Kier alpha value is -2.05. The van der Waals surface area contributed by atoms with Gasteiger partial charge >= 0.3 is 0 Å². The van der Waals surface area contributed by atoms with Crippen molar-refractivity contribution in [2.45, 2.75) is 0 Å². The van der Waals surface area contributed by atoms with E-state index in [4.69, 9.17) is 22.6 Å². The van der Waals surface area contributed by atoms with Crippen LogP contribution in [0.3, 0.4) is 0 Å². The second kappa shape index (κ2) is 5.74. The zero-order valence-corrected chi connectivity index (χ0v) is 9.11. The molecule has 0 atom stereocenters. The van der Waals surface area contributed by atoms with Crippen LogP contribution in [0.1, 0.15) is 5.56 Å². The zero-order valence-electron chi connectivity index (χ0n) is 8.35. The first-order chi connectivity index (χ1) is 7.65. The molecule has 1 amide bonds. The van der Waals surface area contributed by atoms with Crippen LogP contribution in [0, 0.1) is 11.3 Å². The van der Waals surface area contributed by atoms with Gasteiger partial charge in [0.15, 0.2) is 0 Å². The number of carbonyl (C=O) groups is 1. The number of halogens is 1. The summed E-state index contributed by atoms with van der Waals surface area (Å²) in [6, 6.07) is 10.9. The largest absolute Gasteiger partial charge is 0.365 e. The zero-order chi connectivity index (χ0) is 12.0. The first-order valence-corrected chi connectivity index (χ1v) is 4.85. The van der Waals surface area contributed by atoms with Crippen LogP contribution in [-0.4, -0.2) is 5.91 Å². The molecule has 2 N–H and O–H groups in total. The van der Waals surface area contributed by atoms with Gasteiger partial charge in [0.05, 0.1) is 0 Å². The van der Waals surface area contributed by atoms with Crippen molar-refractivity contribution in [3.8, 4) is 6.07 Å². The Morgan fingerprint density at radius 1 is 1.31 bits per heavy atom. The third-order valence-corrected chi connectivity index (χ3v) is 2.18. The molecule has 0 unspecified atom stereocenters. The van der Waals surface area contributed by atoms with Crippen molar-refractivity contribution in [1.82, 2.24) is 0 Å². The van der Waals surface area contributed by atoms with E-state index in [1.807, 2.05) is 30.3 Å². The molecule has 1 aromatic rings. The minimum atomic E-state index is -0.767. The maximum atomic E-state index is 10.7. The third-order valence-electron chi connectivity index (χ3n) is 1.83. The molecule has 0 aliphatic heterocycles. The summed E-state index contributed by atoms with van der Waals surface area (Å²) in [6.07, 6.45) is 2.78. The van der Waals surface area contributed by atoms with E-state index in [1.165, 1.54) is 12.2 Å². The van der Waals surface area contributed by atoms with Gasteiger partial charge < -0.3 is 5.73 Å². The Morgan fingerprint density at radius 2 is 1.94 bits per heavy atom. The van der Waals surface area contributed by atoms with Crippen LogP contribution in [0.15, 0.2) is 48.1 Å². The van der Waals surface area contributed by atoms with Crippen LogP contribution < -0.4 is 5.73 Å². The van der Waals surface area contributed by atoms with Gasteiger partial charge in [-0.05, 0) is 17.7 Å². The molecule has 0 spiro atoms. The van der Waals surface area contributed by atoms with Gasteiger partial charge in [-0.15, -0.1) is 0 Å². The number of allylic oxidation sites excluding steroid dienone is 2. The average molecular weight is 233 g/mol. The second-order valence-corrected chi connectivity index (χ2v) is 3.34. The highest BCUT2D eigenvalue weighted by molar-refractivity contribution is 6.48. The lowest BCUT2D eigenvalue weighted by Gasteiger charge is -1.96. The Morgan fingerprint density at radius 3 is 2.44 bits per heavy atom. The maximum Gasteiger partial charge on any atom is 0.259 e. The summed E-state index contributed by atoms with van der Waals surface area (Å²) in [5.41, 5.74) is 5.65. The Bertz CT molecular complexity index is 483. The summed E-state index contributed by atoms with van der Waals surface area (Å²) in [5, 5.41) is 9.03. The van der Waals surface area contributed by atoms with E-state index in [9.17, 15) is 4.79 Å². The number of primary amides is 1. The predicted molar refractivity (Wildman–Crippen MR) is 63.2 cm³/mol. The van der Waals surface area contributed by atoms with Crippen LogP contribution in [0.4, 0.5) is 0 Å². The number of hydrogen-bond acceptors (Lipinski definition) is 2. The van der Waals surface area contributed by atoms with Crippen LogP contribution >= 0.6 is 11.6 Å². The van der Waals surface area contributed by atoms with Crippen molar-refractivity contribution in [3.05, 3.63) is 53.6 Å². The fraction of sp³-hybridized carbons (Fsp3) is 0. The van der Waals surface area contributed by atoms with Gasteiger partial charge in [-0.2, -0.15) is 5.26 Å². The Labute approximate surface area is 98.4 Å². The minimum Gasteiger partial charge on any atom is -0.365 e. The van der Waals surface area contributed by atoms with E-state index >= 15 is 0 Å². The van der Waals surface area contributed by atoms with E-state index in [-0.39, 0.29) is 5.57 Å². The summed E-state index contributed by atoms with van der Waals surface area (Å²) in [6.45, 7) is 0. The molecule has 4 heteroatoms. The first kappa shape index (κ1) is 12.0. The van der Waals surface area contributed by atoms with Gasteiger partial charge in [-0.1, -0.05) is 41.9 Å². The number of carbonyl (C=O) groups excluding carboxylic acids is 1. The van der Waals surface area contributed by atoms with Crippen LogP contribution in [0.2, 0.25) is 0 Å². The van der Waals surface area contributed by atoms with E-state index in [0.29, 0.717) is 5.03 Å². The molecule has 0 aromatic heterocycles. The molecule has 0 saturated carbocycles. The number of amides is 1. The molecule has 0 aliphatic carbocycles. The van der Waals surface area contributed by atoms with Crippen LogP contribution in [0.25, 0.3) is 5.03 Å². The SMILES string of the molecule is N#CC(=CC=C(Cl)c1ccccc1)C(N)=O. The fourth-order valence-electron chi connectivity index (χ4n) is 1.02. The van der Waals surface area contributed by atoms with Crippen molar-refractivity contribution < 1.29 is 4.79 Å². The molecule has 0 radical (unpaired) electrons. The fourth-order valence-corrected chi connectivity index (χ4v) is 1.21. The summed E-state index contributed by atoms with van der Waals surface area (Å²) >= 11 is 5.97. The summed E-state index contributed by atoms with van der Waals surface area (Å²) in [4.78, 5) is 10.7. The van der Waals surface area contributed by atoms with E-state index in [2.05, 4.69) is 0 Å². The number of nitriles is 1. The van der Waals surface area contributed by atoms with Gasteiger partial charge in [0.1, 0.15) is 11.6 Å². The molecule has 1 aromatic carbocycles. The first-order valence-electron chi connectivity index (χ1n) is 4.48. The van der Waals surface area contributed by atoms with Crippen molar-refractivity contribution in [1.29, 1.82) is 5.26 Å². The van der Waals surface area contributed by atoms with Crippen molar-refractivity contribution in [2.24, 2.45) is 5.73 Å². The lowest BCUT2D eigenvalue weighted by molar-refractivity contribution is -0.114. The van der Waals surface area contributed by atoms with E-state index in [1.54, 1.807) is 6.07 Å². The highest BCUT2D eigenvalue weighted by Gasteiger charge is 2.01. The molecule has 1 rings (SSSR count). The molecule has 0 aliphatic rings. The maximum absolute atomic E-state index is 10.7. The minimum absolute atomic E-state index is 0.130. The van der Waals surface area contributed by atoms with Crippen molar-refractivity contribution >= 4 is 22.5 Å². The number of rotatable bonds is 3. The molecule has 0 bridgehead atoms. The van der Waals surface area contributed by atoms with Crippen molar-refractivity contribution in [3.63, 3.8) is 0 Å². The van der Waals surface area contributed by atoms with Gasteiger partial charge in [0.25, 0.3) is 5.91 Å². The van der Waals surface area contributed by atoms with E-state index < -0.39 is 5.91 Å². The number of nitrogens with zero attached hydrogens (tertiary/aromatic N) is 1. The Kier molecular flexibility index (Phi) is 4.31. The molecule has 80 valence electrons. The molecule has 0 heterocycles. The molecule has 0 fully saturated rings.